The van der Waals surface area contributed by atoms with Crippen LogP contribution in [-0.2, 0) is 9.47 Å². The van der Waals surface area contributed by atoms with Gasteiger partial charge in [0.25, 0.3) is 0 Å². The molecule has 0 aromatic carbocycles. The summed E-state index contributed by atoms with van der Waals surface area (Å²) in [6.07, 6.45) is 2.13. The summed E-state index contributed by atoms with van der Waals surface area (Å²) in [5, 5.41) is 4.58. The quantitative estimate of drug-likeness (QED) is 0.349. The van der Waals surface area contributed by atoms with Crippen molar-refractivity contribution in [3.05, 3.63) is 47.4 Å². The van der Waals surface area contributed by atoms with E-state index in [4.69, 9.17) is 9.47 Å². The number of hydrogen-bond acceptors (Lipinski definition) is 6. The number of pyridine rings is 1. The highest BCUT2D eigenvalue weighted by Gasteiger charge is 2.34. The zero-order valence-corrected chi connectivity index (χ0v) is 23.6. The zero-order chi connectivity index (χ0) is 28.6. The molecule has 0 radical (unpaired) electrons. The SMILES string of the molecule is Cc1c(C(=O)OC(C)C)cc2c(-c3ccnn3C3CCCCO3)ccn2c1C(C)N1CCN(CC(F)(F)F)CC1. The maximum atomic E-state index is 13.3. The molecule has 2 aliphatic rings. The van der Waals surface area contributed by atoms with E-state index >= 15 is 0 Å². The molecule has 0 N–H and O–H groups in total. The Morgan fingerprint density at radius 3 is 2.55 bits per heavy atom. The molecule has 5 rings (SSSR count). The van der Waals surface area contributed by atoms with Gasteiger partial charge in [-0.1, -0.05) is 0 Å². The second kappa shape index (κ2) is 11.5. The number of carbonyl (C=O) groups is 1. The van der Waals surface area contributed by atoms with Gasteiger partial charge in [-0.05, 0) is 70.7 Å². The molecule has 5 heterocycles. The molecule has 0 spiro atoms. The zero-order valence-electron chi connectivity index (χ0n) is 23.6. The van der Waals surface area contributed by atoms with Crippen LogP contribution in [0, 0.1) is 6.92 Å². The van der Waals surface area contributed by atoms with Crippen molar-refractivity contribution in [3.8, 4) is 11.3 Å². The highest BCUT2D eigenvalue weighted by Crippen LogP contribution is 2.36. The summed E-state index contributed by atoms with van der Waals surface area (Å²) in [5.41, 5.74) is 4.88. The second-order valence-corrected chi connectivity index (χ2v) is 11.1. The Labute approximate surface area is 232 Å². The van der Waals surface area contributed by atoms with Gasteiger partial charge in [0.2, 0.25) is 0 Å². The van der Waals surface area contributed by atoms with Crippen molar-refractivity contribution in [1.29, 1.82) is 0 Å². The number of fused-ring (bicyclic) bond motifs is 1. The minimum atomic E-state index is -4.21. The van der Waals surface area contributed by atoms with Crippen molar-refractivity contribution in [2.24, 2.45) is 0 Å². The molecule has 40 heavy (non-hydrogen) atoms. The van der Waals surface area contributed by atoms with E-state index in [2.05, 4.69) is 21.3 Å². The van der Waals surface area contributed by atoms with Gasteiger partial charge in [-0.25, -0.2) is 9.48 Å². The lowest BCUT2D eigenvalue weighted by atomic mass is 10.00. The molecular formula is C29H38F3N5O3. The number of halogens is 3. The lowest BCUT2D eigenvalue weighted by Gasteiger charge is -2.39. The smallest absolute Gasteiger partial charge is 0.401 e. The van der Waals surface area contributed by atoms with Gasteiger partial charge in [0.15, 0.2) is 6.23 Å². The maximum absolute atomic E-state index is 13.3. The number of piperazine rings is 1. The predicted molar refractivity (Wildman–Crippen MR) is 145 cm³/mol. The first kappa shape index (κ1) is 28.6. The first-order valence-corrected chi connectivity index (χ1v) is 14.1. The Morgan fingerprint density at radius 1 is 1.15 bits per heavy atom. The summed E-state index contributed by atoms with van der Waals surface area (Å²) in [5.74, 6) is -0.394. The highest BCUT2D eigenvalue weighted by atomic mass is 19.4. The van der Waals surface area contributed by atoms with Crippen molar-refractivity contribution in [2.75, 3.05) is 39.3 Å². The van der Waals surface area contributed by atoms with Gasteiger partial charge < -0.3 is 13.9 Å². The van der Waals surface area contributed by atoms with E-state index in [0.717, 1.165) is 47.3 Å². The lowest BCUT2D eigenvalue weighted by molar-refractivity contribution is -0.149. The van der Waals surface area contributed by atoms with Crippen LogP contribution < -0.4 is 0 Å². The predicted octanol–water partition coefficient (Wildman–Crippen LogP) is 5.62. The summed E-state index contributed by atoms with van der Waals surface area (Å²) in [6.45, 7) is 9.08. The Morgan fingerprint density at radius 2 is 1.90 bits per heavy atom. The van der Waals surface area contributed by atoms with Crippen LogP contribution in [0.3, 0.4) is 0 Å². The van der Waals surface area contributed by atoms with Gasteiger partial charge in [-0.2, -0.15) is 18.3 Å². The van der Waals surface area contributed by atoms with E-state index < -0.39 is 18.7 Å². The van der Waals surface area contributed by atoms with Crippen molar-refractivity contribution in [3.63, 3.8) is 0 Å². The summed E-state index contributed by atoms with van der Waals surface area (Å²) in [4.78, 5) is 16.9. The molecule has 2 fully saturated rings. The van der Waals surface area contributed by atoms with Crippen LogP contribution in [0.5, 0.6) is 0 Å². The van der Waals surface area contributed by atoms with Crippen LogP contribution >= 0.6 is 0 Å². The van der Waals surface area contributed by atoms with Crippen molar-refractivity contribution >= 4 is 11.5 Å². The number of nitrogens with zero attached hydrogens (tertiary/aromatic N) is 5. The van der Waals surface area contributed by atoms with E-state index in [-0.39, 0.29) is 18.4 Å². The van der Waals surface area contributed by atoms with Crippen LogP contribution in [0.15, 0.2) is 30.6 Å². The Hall–Kier alpha value is -2.89. The molecule has 8 nitrogen and oxygen atoms in total. The van der Waals surface area contributed by atoms with Crippen LogP contribution in [0.1, 0.15) is 73.9 Å². The fourth-order valence-corrected chi connectivity index (χ4v) is 6.00. The van der Waals surface area contributed by atoms with Crippen LogP contribution in [-0.4, -0.2) is 81.6 Å². The molecule has 3 aromatic heterocycles. The van der Waals surface area contributed by atoms with Crippen LogP contribution in [0.2, 0.25) is 0 Å². The first-order chi connectivity index (χ1) is 19.0. The number of alkyl halides is 3. The van der Waals surface area contributed by atoms with Crippen molar-refractivity contribution < 1.29 is 27.4 Å². The first-order valence-electron chi connectivity index (χ1n) is 14.1. The highest BCUT2D eigenvalue weighted by molar-refractivity contribution is 5.95. The average molecular weight is 562 g/mol. The van der Waals surface area contributed by atoms with E-state index in [9.17, 15) is 18.0 Å². The lowest BCUT2D eigenvalue weighted by Crippen LogP contribution is -2.49. The molecule has 2 aliphatic heterocycles. The molecule has 0 bridgehead atoms. The topological polar surface area (TPSA) is 64.2 Å². The van der Waals surface area contributed by atoms with E-state index in [1.54, 1.807) is 6.20 Å². The molecule has 2 saturated heterocycles. The fraction of sp³-hybridized carbons (Fsp3) is 0.586. The summed E-state index contributed by atoms with van der Waals surface area (Å²) in [7, 11) is 0. The molecule has 218 valence electrons. The van der Waals surface area contributed by atoms with Gasteiger partial charge in [0.05, 0.1) is 29.4 Å². The third kappa shape index (κ3) is 5.91. The molecule has 2 atom stereocenters. The van der Waals surface area contributed by atoms with Crippen LogP contribution in [0.4, 0.5) is 13.2 Å². The van der Waals surface area contributed by atoms with E-state index in [0.29, 0.717) is 38.3 Å². The molecule has 3 aromatic rings. The minimum absolute atomic E-state index is 0.143. The van der Waals surface area contributed by atoms with E-state index in [1.165, 1.54) is 4.90 Å². The number of carbonyl (C=O) groups excluding carboxylic acids is 1. The molecule has 0 amide bonds. The summed E-state index contributed by atoms with van der Waals surface area (Å²) in [6, 6.07) is 5.73. The molecule has 0 saturated carbocycles. The minimum Gasteiger partial charge on any atom is -0.459 e. The second-order valence-electron chi connectivity index (χ2n) is 11.1. The number of esters is 1. The summed E-state index contributed by atoms with van der Waals surface area (Å²) >= 11 is 0. The average Bonchev–Trinajstić information content (AvgIpc) is 3.54. The van der Waals surface area contributed by atoms with Crippen molar-refractivity contribution in [2.45, 2.75) is 71.5 Å². The largest absolute Gasteiger partial charge is 0.459 e. The Balaban J connectivity index is 1.54. The van der Waals surface area contributed by atoms with Gasteiger partial charge in [0, 0.05) is 62.5 Å². The number of ether oxygens (including phenoxy) is 2. The maximum Gasteiger partial charge on any atom is 0.401 e. The van der Waals surface area contributed by atoms with Gasteiger partial charge in [0.1, 0.15) is 0 Å². The van der Waals surface area contributed by atoms with Gasteiger partial charge in [-0.15, -0.1) is 0 Å². The number of hydrogen-bond donors (Lipinski definition) is 0. The molecule has 11 heteroatoms. The Bertz CT molecular complexity index is 1330. The van der Waals surface area contributed by atoms with E-state index in [1.807, 2.05) is 49.8 Å². The molecular weight excluding hydrogens is 523 g/mol. The van der Waals surface area contributed by atoms with Gasteiger partial charge in [-0.3, -0.25) is 9.80 Å². The standard InChI is InChI=1S/C29H38F3N5O3/c1-19(2)40-28(38)23-17-25-22(24-8-10-33-37(24)26-7-5-6-16-39-26)9-11-36(25)27(20(23)3)21(4)35-14-12-34(13-15-35)18-29(30,31)32/h8-11,17,19,21,26H,5-7,12-16,18H2,1-4H3. The molecule has 2 unspecified atom stereocenters. The van der Waals surface area contributed by atoms with Crippen molar-refractivity contribution in [1.82, 2.24) is 24.0 Å². The van der Waals surface area contributed by atoms with Crippen LogP contribution in [0.25, 0.3) is 16.8 Å². The van der Waals surface area contributed by atoms with Gasteiger partial charge >= 0.3 is 12.1 Å². The number of aromatic nitrogens is 3. The third-order valence-electron chi connectivity index (χ3n) is 7.95. The third-order valence-corrected chi connectivity index (χ3v) is 7.95. The summed E-state index contributed by atoms with van der Waals surface area (Å²) < 4.78 is 54.5. The monoisotopic (exact) mass is 561 g/mol. The Kier molecular flexibility index (Phi) is 8.26. The normalized spacial score (nSPS) is 20.4. The number of rotatable bonds is 7. The molecule has 0 aliphatic carbocycles. The fourth-order valence-electron chi connectivity index (χ4n) is 6.00.